The molecule has 4 aliphatic rings. The predicted molar refractivity (Wildman–Crippen MR) is 87.7 cm³/mol. The van der Waals surface area contributed by atoms with Crippen LogP contribution in [0.2, 0.25) is 0 Å². The van der Waals surface area contributed by atoms with Crippen LogP contribution in [0.4, 0.5) is 0 Å². The van der Waals surface area contributed by atoms with Gasteiger partial charge in [0.05, 0.1) is 0 Å². The molecule has 6 unspecified atom stereocenters. The Morgan fingerprint density at radius 1 is 1.00 bits per heavy atom. The molecule has 4 saturated carbocycles. The van der Waals surface area contributed by atoms with Crippen LogP contribution in [0.3, 0.4) is 0 Å². The number of fused-ring (bicyclic) bond motifs is 5. The zero-order valence-electron chi connectivity index (χ0n) is 14.6. The van der Waals surface area contributed by atoms with E-state index in [0.29, 0.717) is 29.5 Å². The van der Waals surface area contributed by atoms with Crippen LogP contribution in [0.25, 0.3) is 0 Å². The average molecular weight is 318 g/mol. The largest absolute Gasteiger partial charge is 0.464 e. The molecule has 23 heavy (non-hydrogen) atoms. The maximum absolute atomic E-state index is 11.9. The molecule has 0 radical (unpaired) electrons. The molecule has 0 amide bonds. The maximum Gasteiger partial charge on any atom is 0.293 e. The van der Waals surface area contributed by atoms with Crippen molar-refractivity contribution in [2.75, 3.05) is 0 Å². The number of ketones is 1. The quantitative estimate of drug-likeness (QED) is 0.719. The van der Waals surface area contributed by atoms with E-state index in [0.717, 1.165) is 37.5 Å². The second kappa shape index (κ2) is 5.32. The molecule has 7 atom stereocenters. The zero-order chi connectivity index (χ0) is 16.2. The molecule has 0 aromatic rings. The van der Waals surface area contributed by atoms with Crippen molar-refractivity contribution in [3.8, 4) is 0 Å². The van der Waals surface area contributed by atoms with Gasteiger partial charge in [0.15, 0.2) is 0 Å². The molecule has 0 spiro atoms. The third kappa shape index (κ3) is 2.14. The van der Waals surface area contributed by atoms with Gasteiger partial charge in [-0.3, -0.25) is 9.59 Å². The number of Topliss-reactive ketones (excluding diaryl/α,β-unsaturated/α-hetero) is 1. The fourth-order valence-corrected chi connectivity index (χ4v) is 7.29. The number of ether oxygens (including phenoxy) is 1. The molecule has 4 aliphatic carbocycles. The molecule has 3 heteroatoms. The highest BCUT2D eigenvalue weighted by Crippen LogP contribution is 2.66. The summed E-state index contributed by atoms with van der Waals surface area (Å²) in [5.41, 5.74) is 0.567. The Morgan fingerprint density at radius 3 is 2.57 bits per heavy atom. The van der Waals surface area contributed by atoms with E-state index in [4.69, 9.17) is 4.74 Å². The van der Waals surface area contributed by atoms with Crippen LogP contribution in [-0.4, -0.2) is 18.4 Å². The molecule has 0 N–H and O–H groups in total. The van der Waals surface area contributed by atoms with Gasteiger partial charge in [0.25, 0.3) is 6.47 Å². The summed E-state index contributed by atoms with van der Waals surface area (Å²) in [6.45, 7) is 5.52. The van der Waals surface area contributed by atoms with E-state index in [1.807, 2.05) is 0 Å². The first-order valence-corrected chi connectivity index (χ1v) is 9.60. The molecule has 0 saturated heterocycles. The molecule has 0 bridgehead atoms. The minimum Gasteiger partial charge on any atom is -0.464 e. The summed E-state index contributed by atoms with van der Waals surface area (Å²) >= 11 is 0. The number of carbonyl (C=O) groups excluding carboxylic acids is 2. The normalized spacial score (nSPS) is 52.3. The second-order valence-corrected chi connectivity index (χ2v) is 9.24. The lowest BCUT2D eigenvalue weighted by Crippen LogP contribution is -2.54. The highest BCUT2D eigenvalue weighted by Gasteiger charge is 2.60. The Morgan fingerprint density at radius 2 is 1.78 bits per heavy atom. The topological polar surface area (TPSA) is 43.4 Å². The predicted octanol–water partition coefficient (Wildman–Crippen LogP) is 4.14. The average Bonchev–Trinajstić information content (AvgIpc) is 2.85. The second-order valence-electron chi connectivity index (χ2n) is 9.24. The lowest BCUT2D eigenvalue weighted by molar-refractivity contribution is -0.153. The summed E-state index contributed by atoms with van der Waals surface area (Å²) in [4.78, 5) is 22.8. The SMILES string of the molecule is CC12CCC(=O)CC1CCC1C2CCC2(C)C1CC[C@H]2OC=O. The Balaban J connectivity index is 1.60. The Bertz CT molecular complexity index is 515. The molecule has 4 rings (SSSR count). The molecular weight excluding hydrogens is 288 g/mol. The lowest BCUT2D eigenvalue weighted by Gasteiger charge is -2.60. The van der Waals surface area contributed by atoms with Crippen molar-refractivity contribution < 1.29 is 14.3 Å². The van der Waals surface area contributed by atoms with Crippen molar-refractivity contribution in [2.24, 2.45) is 34.5 Å². The standard InChI is InChI=1S/C20H30O3/c1-19-9-7-14(22)11-13(19)3-4-15-16-5-6-18(23-12-21)20(16,2)10-8-17(15)19/h12-13,15-18H,3-11H2,1-2H3/t13?,15?,16?,17?,18-,19?,20?/m1/s1. The smallest absolute Gasteiger partial charge is 0.293 e. The van der Waals surface area contributed by atoms with Crippen LogP contribution < -0.4 is 0 Å². The van der Waals surface area contributed by atoms with Crippen molar-refractivity contribution >= 4 is 12.3 Å². The number of rotatable bonds is 2. The Hall–Kier alpha value is -0.860. The van der Waals surface area contributed by atoms with E-state index >= 15 is 0 Å². The molecule has 0 aromatic heterocycles. The minimum atomic E-state index is 0.129. The molecule has 0 aromatic carbocycles. The first-order valence-electron chi connectivity index (χ1n) is 9.60. The number of carbonyl (C=O) groups is 2. The Labute approximate surface area is 139 Å². The van der Waals surface area contributed by atoms with Crippen molar-refractivity contribution in [3.05, 3.63) is 0 Å². The first kappa shape index (κ1) is 15.7. The molecule has 128 valence electrons. The summed E-state index contributed by atoms with van der Waals surface area (Å²) in [6, 6.07) is 0. The fourth-order valence-electron chi connectivity index (χ4n) is 7.29. The monoisotopic (exact) mass is 318 g/mol. The highest BCUT2D eigenvalue weighted by molar-refractivity contribution is 5.79. The number of hydrogen-bond acceptors (Lipinski definition) is 3. The first-order chi connectivity index (χ1) is 11.0. The summed E-state index contributed by atoms with van der Waals surface area (Å²) in [6.07, 6.45) is 10.1. The van der Waals surface area contributed by atoms with Gasteiger partial charge in [-0.25, -0.2) is 0 Å². The fraction of sp³-hybridized carbons (Fsp3) is 0.900. The van der Waals surface area contributed by atoms with Gasteiger partial charge in [0, 0.05) is 18.3 Å². The summed E-state index contributed by atoms with van der Waals surface area (Å²) in [7, 11) is 0. The van der Waals surface area contributed by atoms with Crippen LogP contribution >= 0.6 is 0 Å². The molecular formula is C20H30O3. The van der Waals surface area contributed by atoms with E-state index in [1.54, 1.807) is 0 Å². The highest BCUT2D eigenvalue weighted by atomic mass is 16.5. The van der Waals surface area contributed by atoms with Crippen molar-refractivity contribution in [2.45, 2.75) is 77.7 Å². The molecule has 3 nitrogen and oxygen atoms in total. The number of hydrogen-bond donors (Lipinski definition) is 0. The van der Waals surface area contributed by atoms with Crippen molar-refractivity contribution in [3.63, 3.8) is 0 Å². The van der Waals surface area contributed by atoms with Crippen LogP contribution in [-0.2, 0) is 14.3 Å². The van der Waals surface area contributed by atoms with Gasteiger partial charge in [-0.15, -0.1) is 0 Å². The van der Waals surface area contributed by atoms with Crippen LogP contribution in [0.1, 0.15) is 71.6 Å². The van der Waals surface area contributed by atoms with Gasteiger partial charge < -0.3 is 4.74 Å². The van der Waals surface area contributed by atoms with Gasteiger partial charge in [0.2, 0.25) is 0 Å². The van der Waals surface area contributed by atoms with E-state index in [1.165, 1.54) is 32.1 Å². The van der Waals surface area contributed by atoms with Crippen LogP contribution in [0, 0.1) is 34.5 Å². The zero-order valence-corrected chi connectivity index (χ0v) is 14.6. The van der Waals surface area contributed by atoms with E-state index in [9.17, 15) is 9.59 Å². The third-order valence-electron chi connectivity index (χ3n) is 8.61. The lowest BCUT2D eigenvalue weighted by atomic mass is 9.45. The summed E-state index contributed by atoms with van der Waals surface area (Å²) < 4.78 is 5.48. The van der Waals surface area contributed by atoms with E-state index in [-0.39, 0.29) is 11.5 Å². The third-order valence-corrected chi connectivity index (χ3v) is 8.61. The molecule has 0 heterocycles. The van der Waals surface area contributed by atoms with Crippen molar-refractivity contribution in [1.82, 2.24) is 0 Å². The van der Waals surface area contributed by atoms with Gasteiger partial charge >= 0.3 is 0 Å². The van der Waals surface area contributed by atoms with Gasteiger partial charge in [-0.2, -0.15) is 0 Å². The van der Waals surface area contributed by atoms with Gasteiger partial charge in [-0.05, 0) is 74.0 Å². The van der Waals surface area contributed by atoms with Gasteiger partial charge in [-0.1, -0.05) is 13.8 Å². The summed E-state index contributed by atoms with van der Waals surface area (Å²) in [5, 5.41) is 0. The van der Waals surface area contributed by atoms with E-state index in [2.05, 4.69) is 13.8 Å². The van der Waals surface area contributed by atoms with Crippen LogP contribution in [0.15, 0.2) is 0 Å². The van der Waals surface area contributed by atoms with E-state index < -0.39 is 0 Å². The molecule has 0 aliphatic heterocycles. The van der Waals surface area contributed by atoms with Crippen LogP contribution in [0.5, 0.6) is 0 Å². The summed E-state index contributed by atoms with van der Waals surface area (Å²) in [5.74, 6) is 3.39. The Kier molecular flexibility index (Phi) is 3.62. The molecule has 4 fully saturated rings. The minimum absolute atomic E-state index is 0.129. The van der Waals surface area contributed by atoms with Gasteiger partial charge in [0.1, 0.15) is 11.9 Å². The van der Waals surface area contributed by atoms with Crippen molar-refractivity contribution in [1.29, 1.82) is 0 Å². The maximum atomic E-state index is 11.9.